The number of hydrogen-bond acceptors (Lipinski definition) is 4. The maximum absolute atomic E-state index is 12.1. The third kappa shape index (κ3) is 2.58. The molecule has 0 spiro atoms. The van der Waals surface area contributed by atoms with Crippen molar-refractivity contribution in [2.75, 3.05) is 26.0 Å². The number of carbonyl (C=O) groups is 1. The van der Waals surface area contributed by atoms with E-state index in [9.17, 15) is 14.9 Å². The number of nitro benzene ring substituents is 1. The van der Waals surface area contributed by atoms with Crippen LogP contribution in [0.1, 0.15) is 22.8 Å². The van der Waals surface area contributed by atoms with E-state index in [4.69, 9.17) is 0 Å². The van der Waals surface area contributed by atoms with Crippen molar-refractivity contribution in [3.05, 3.63) is 33.4 Å². The fourth-order valence-corrected chi connectivity index (χ4v) is 1.63. The largest absolute Gasteiger partial charge is 0.383 e. The summed E-state index contributed by atoms with van der Waals surface area (Å²) >= 11 is 0. The Morgan fingerprint density at radius 2 is 2.11 bits per heavy atom. The van der Waals surface area contributed by atoms with Gasteiger partial charge in [0.1, 0.15) is 5.69 Å². The van der Waals surface area contributed by atoms with Crippen LogP contribution in [-0.2, 0) is 0 Å². The molecule has 0 aromatic heterocycles. The van der Waals surface area contributed by atoms with Crippen molar-refractivity contribution in [1.29, 1.82) is 0 Å². The summed E-state index contributed by atoms with van der Waals surface area (Å²) in [5.41, 5.74) is 1.41. The van der Waals surface area contributed by atoms with Crippen LogP contribution in [0, 0.1) is 17.0 Å². The van der Waals surface area contributed by atoms with Gasteiger partial charge in [-0.05, 0) is 25.5 Å². The molecular weight excluding hydrogens is 234 g/mol. The van der Waals surface area contributed by atoms with Gasteiger partial charge >= 0.3 is 0 Å². The maximum atomic E-state index is 12.1. The zero-order valence-electron chi connectivity index (χ0n) is 11.0. The van der Waals surface area contributed by atoms with E-state index in [-0.39, 0.29) is 11.6 Å². The van der Waals surface area contributed by atoms with Crippen molar-refractivity contribution in [1.82, 2.24) is 4.90 Å². The normalized spacial score (nSPS) is 10.0. The van der Waals surface area contributed by atoms with E-state index < -0.39 is 4.92 Å². The summed E-state index contributed by atoms with van der Waals surface area (Å²) in [7, 11) is 3.28. The minimum Gasteiger partial charge on any atom is -0.383 e. The molecule has 0 unspecified atom stereocenters. The van der Waals surface area contributed by atoms with Crippen molar-refractivity contribution in [2.24, 2.45) is 0 Å². The Hall–Kier alpha value is -2.11. The summed E-state index contributed by atoms with van der Waals surface area (Å²) in [6.07, 6.45) is 0. The van der Waals surface area contributed by atoms with Crippen molar-refractivity contribution in [3.8, 4) is 0 Å². The minimum atomic E-state index is -0.492. The summed E-state index contributed by atoms with van der Waals surface area (Å²) in [5.74, 6) is -0.208. The molecule has 1 aromatic rings. The Labute approximate surface area is 106 Å². The van der Waals surface area contributed by atoms with E-state index in [1.54, 1.807) is 27.1 Å². The summed E-state index contributed by atoms with van der Waals surface area (Å²) in [6, 6.07) is 2.95. The number of hydrogen-bond donors (Lipinski definition) is 1. The monoisotopic (exact) mass is 251 g/mol. The SMILES string of the molecule is CCN(C)C(=O)c1cc([N+](=O)[O-])c(NC)cc1C. The molecule has 0 atom stereocenters. The predicted octanol–water partition coefficient (Wildman–Crippen LogP) is 2.04. The van der Waals surface area contributed by atoms with Crippen LogP contribution in [0.15, 0.2) is 12.1 Å². The molecule has 18 heavy (non-hydrogen) atoms. The number of anilines is 1. The van der Waals surface area contributed by atoms with Gasteiger partial charge in [-0.2, -0.15) is 0 Å². The zero-order valence-corrected chi connectivity index (χ0v) is 11.0. The Bertz CT molecular complexity index is 486. The molecule has 0 saturated heterocycles. The Balaban J connectivity index is 3.34. The minimum absolute atomic E-state index is 0.0871. The van der Waals surface area contributed by atoms with Crippen LogP contribution in [0.4, 0.5) is 11.4 Å². The highest BCUT2D eigenvalue weighted by Crippen LogP contribution is 2.28. The third-order valence-electron chi connectivity index (χ3n) is 2.86. The Morgan fingerprint density at radius 1 is 1.50 bits per heavy atom. The lowest BCUT2D eigenvalue weighted by Gasteiger charge is -2.16. The summed E-state index contributed by atoms with van der Waals surface area (Å²) in [5, 5.41) is 13.7. The van der Waals surface area contributed by atoms with Gasteiger partial charge in [0.05, 0.1) is 4.92 Å². The quantitative estimate of drug-likeness (QED) is 0.656. The first kappa shape index (κ1) is 14.0. The Kier molecular flexibility index (Phi) is 4.25. The molecule has 0 aliphatic heterocycles. The van der Waals surface area contributed by atoms with E-state index in [0.29, 0.717) is 17.8 Å². The van der Waals surface area contributed by atoms with E-state index in [2.05, 4.69) is 5.32 Å². The van der Waals surface area contributed by atoms with Gasteiger partial charge in [-0.25, -0.2) is 0 Å². The second-order valence-corrected chi connectivity index (χ2v) is 4.01. The van der Waals surface area contributed by atoms with Gasteiger partial charge in [-0.15, -0.1) is 0 Å². The molecule has 0 radical (unpaired) electrons. The third-order valence-corrected chi connectivity index (χ3v) is 2.86. The predicted molar refractivity (Wildman–Crippen MR) is 70.0 cm³/mol. The van der Waals surface area contributed by atoms with Gasteiger partial charge in [0.2, 0.25) is 0 Å². The fraction of sp³-hybridized carbons (Fsp3) is 0.417. The van der Waals surface area contributed by atoms with E-state index in [1.165, 1.54) is 11.0 Å². The van der Waals surface area contributed by atoms with Crippen LogP contribution < -0.4 is 5.32 Å². The molecule has 0 aliphatic rings. The van der Waals surface area contributed by atoms with E-state index in [1.807, 2.05) is 6.92 Å². The van der Waals surface area contributed by atoms with Crippen molar-refractivity contribution in [3.63, 3.8) is 0 Å². The number of benzene rings is 1. The van der Waals surface area contributed by atoms with Crippen molar-refractivity contribution in [2.45, 2.75) is 13.8 Å². The summed E-state index contributed by atoms with van der Waals surface area (Å²) in [6.45, 7) is 4.17. The molecule has 0 heterocycles. The van der Waals surface area contributed by atoms with Gasteiger partial charge in [-0.1, -0.05) is 0 Å². The molecule has 1 amide bonds. The van der Waals surface area contributed by atoms with Crippen molar-refractivity contribution < 1.29 is 9.72 Å². The van der Waals surface area contributed by atoms with Crippen LogP contribution >= 0.6 is 0 Å². The lowest BCUT2D eigenvalue weighted by molar-refractivity contribution is -0.384. The number of nitrogens with one attached hydrogen (secondary N) is 1. The van der Waals surface area contributed by atoms with Crippen LogP contribution in [0.3, 0.4) is 0 Å². The second kappa shape index (κ2) is 5.48. The van der Waals surface area contributed by atoms with Crippen LogP contribution in [0.5, 0.6) is 0 Å². The highest BCUT2D eigenvalue weighted by molar-refractivity contribution is 5.97. The topological polar surface area (TPSA) is 75.5 Å². The van der Waals surface area contributed by atoms with Gasteiger partial charge in [-0.3, -0.25) is 14.9 Å². The number of rotatable bonds is 4. The van der Waals surface area contributed by atoms with E-state index in [0.717, 1.165) is 5.56 Å². The molecule has 0 fully saturated rings. The highest BCUT2D eigenvalue weighted by atomic mass is 16.6. The molecule has 1 aromatic carbocycles. The van der Waals surface area contributed by atoms with Gasteiger partial charge < -0.3 is 10.2 Å². The van der Waals surface area contributed by atoms with E-state index >= 15 is 0 Å². The molecule has 0 bridgehead atoms. The number of amides is 1. The first-order valence-corrected chi connectivity index (χ1v) is 5.64. The standard InChI is InChI=1S/C12H17N3O3/c1-5-14(4)12(16)9-7-11(15(17)18)10(13-3)6-8(9)2/h6-7,13H,5H2,1-4H3. The lowest BCUT2D eigenvalue weighted by Crippen LogP contribution is -2.27. The summed E-state index contributed by atoms with van der Waals surface area (Å²) < 4.78 is 0. The highest BCUT2D eigenvalue weighted by Gasteiger charge is 2.20. The molecule has 1 N–H and O–H groups in total. The Morgan fingerprint density at radius 3 is 2.56 bits per heavy atom. The van der Waals surface area contributed by atoms with Gasteiger partial charge in [0.15, 0.2) is 0 Å². The maximum Gasteiger partial charge on any atom is 0.293 e. The number of carbonyl (C=O) groups excluding carboxylic acids is 1. The number of aryl methyl sites for hydroxylation is 1. The van der Waals surface area contributed by atoms with Gasteiger partial charge in [0, 0.05) is 32.3 Å². The molecule has 1 rings (SSSR count). The first-order chi connectivity index (χ1) is 8.42. The molecule has 6 heteroatoms. The summed E-state index contributed by atoms with van der Waals surface area (Å²) in [4.78, 5) is 24.0. The van der Waals surface area contributed by atoms with Crippen LogP contribution in [0.2, 0.25) is 0 Å². The average Bonchev–Trinajstić information content (AvgIpc) is 2.36. The molecule has 6 nitrogen and oxygen atoms in total. The second-order valence-electron chi connectivity index (χ2n) is 4.01. The molecular formula is C12H17N3O3. The smallest absolute Gasteiger partial charge is 0.293 e. The zero-order chi connectivity index (χ0) is 13.9. The van der Waals surface area contributed by atoms with Crippen molar-refractivity contribution >= 4 is 17.3 Å². The van der Waals surface area contributed by atoms with Gasteiger partial charge in [0.25, 0.3) is 11.6 Å². The average molecular weight is 251 g/mol. The molecule has 0 aliphatic carbocycles. The first-order valence-electron chi connectivity index (χ1n) is 5.64. The number of nitro groups is 1. The number of nitrogens with zero attached hydrogens (tertiary/aromatic N) is 2. The van der Waals surface area contributed by atoms with Crippen LogP contribution in [-0.4, -0.2) is 36.4 Å². The molecule has 0 saturated carbocycles. The molecule has 98 valence electrons. The fourth-order valence-electron chi connectivity index (χ4n) is 1.63. The van der Waals surface area contributed by atoms with Crippen LogP contribution in [0.25, 0.3) is 0 Å². The lowest BCUT2D eigenvalue weighted by atomic mass is 10.0.